The highest BCUT2D eigenvalue weighted by Crippen LogP contribution is 2.45. The number of benzene rings is 1. The molecule has 1 heterocycles. The van der Waals surface area contributed by atoms with E-state index in [9.17, 15) is 0 Å². The topological polar surface area (TPSA) is 30.5 Å². The van der Waals surface area contributed by atoms with Crippen molar-refractivity contribution in [2.45, 2.75) is 31.6 Å². The van der Waals surface area contributed by atoms with Crippen LogP contribution in [0.5, 0.6) is 11.5 Å². The fourth-order valence-electron chi connectivity index (χ4n) is 4.00. The quantitative estimate of drug-likeness (QED) is 0.754. The summed E-state index contributed by atoms with van der Waals surface area (Å²) in [6.45, 7) is 1.02. The van der Waals surface area contributed by atoms with Crippen LogP contribution in [0.15, 0.2) is 29.6 Å². The van der Waals surface area contributed by atoms with Gasteiger partial charge >= 0.3 is 0 Å². The van der Waals surface area contributed by atoms with Crippen molar-refractivity contribution in [2.24, 2.45) is 5.92 Å². The van der Waals surface area contributed by atoms with E-state index in [4.69, 9.17) is 9.47 Å². The molecule has 1 aliphatic rings. The molecular formula is C20H28ClNO2S. The predicted molar refractivity (Wildman–Crippen MR) is 108 cm³/mol. The highest BCUT2D eigenvalue weighted by molar-refractivity contribution is 7.09. The second-order valence-corrected chi connectivity index (χ2v) is 7.53. The zero-order valence-electron chi connectivity index (χ0n) is 15.2. The van der Waals surface area contributed by atoms with E-state index in [2.05, 4.69) is 35.9 Å². The molecule has 0 fully saturated rings. The molecule has 0 bridgehead atoms. The lowest BCUT2D eigenvalue weighted by Gasteiger charge is -2.34. The average Bonchev–Trinajstić information content (AvgIpc) is 3.12. The molecule has 3 nitrogen and oxygen atoms in total. The molecule has 2 atom stereocenters. The fraction of sp³-hybridized carbons (Fsp3) is 0.500. The van der Waals surface area contributed by atoms with Crippen molar-refractivity contribution >= 4 is 23.7 Å². The second-order valence-electron chi connectivity index (χ2n) is 6.50. The van der Waals surface area contributed by atoms with Crippen LogP contribution in [0.4, 0.5) is 0 Å². The summed E-state index contributed by atoms with van der Waals surface area (Å²) in [5, 5.41) is 5.58. The van der Waals surface area contributed by atoms with Crippen molar-refractivity contribution in [3.8, 4) is 11.5 Å². The lowest BCUT2D eigenvalue weighted by molar-refractivity contribution is 0.339. The van der Waals surface area contributed by atoms with Crippen LogP contribution in [-0.2, 0) is 12.8 Å². The van der Waals surface area contributed by atoms with Gasteiger partial charge in [-0.2, -0.15) is 0 Å². The lowest BCUT2D eigenvalue weighted by Crippen LogP contribution is -2.29. The van der Waals surface area contributed by atoms with Crippen LogP contribution in [-0.4, -0.2) is 27.8 Å². The van der Waals surface area contributed by atoms with E-state index in [-0.39, 0.29) is 12.4 Å². The molecule has 0 spiro atoms. The first-order chi connectivity index (χ1) is 11.8. The summed E-state index contributed by atoms with van der Waals surface area (Å²) in [6.07, 6.45) is 4.70. The smallest absolute Gasteiger partial charge is 0.126 e. The largest absolute Gasteiger partial charge is 0.497 e. The van der Waals surface area contributed by atoms with Gasteiger partial charge in [0.05, 0.1) is 14.2 Å². The average molecular weight is 382 g/mol. The third-order valence-corrected chi connectivity index (χ3v) is 5.97. The Hall–Kier alpha value is -1.23. The molecule has 0 saturated carbocycles. The Labute approximate surface area is 161 Å². The van der Waals surface area contributed by atoms with E-state index in [1.807, 2.05) is 17.4 Å². The Morgan fingerprint density at radius 1 is 1.28 bits per heavy atom. The zero-order chi connectivity index (χ0) is 16.9. The molecule has 25 heavy (non-hydrogen) atoms. The van der Waals surface area contributed by atoms with Crippen molar-refractivity contribution in [3.63, 3.8) is 0 Å². The van der Waals surface area contributed by atoms with Gasteiger partial charge in [-0.05, 0) is 74.2 Å². The number of nitrogens with one attached hydrogen (secondary N) is 1. The third-order valence-electron chi connectivity index (χ3n) is 5.07. The van der Waals surface area contributed by atoms with Gasteiger partial charge in [0, 0.05) is 16.5 Å². The van der Waals surface area contributed by atoms with Crippen LogP contribution in [0.3, 0.4) is 0 Å². The second kappa shape index (κ2) is 9.46. The van der Waals surface area contributed by atoms with Crippen molar-refractivity contribution in [1.29, 1.82) is 0 Å². The molecule has 0 aliphatic heterocycles. The van der Waals surface area contributed by atoms with E-state index < -0.39 is 0 Å². The number of hydrogen-bond acceptors (Lipinski definition) is 4. The molecular weight excluding hydrogens is 354 g/mol. The van der Waals surface area contributed by atoms with Crippen molar-refractivity contribution in [3.05, 3.63) is 45.6 Å². The van der Waals surface area contributed by atoms with Gasteiger partial charge in [-0.3, -0.25) is 0 Å². The SMILES string of the molecule is CNCC(Cc1cccs1)C1CCCc2cc(OC)cc(OC)c21.Cl. The molecule has 0 radical (unpaired) electrons. The molecule has 2 aromatic rings. The Balaban J connectivity index is 0.00000225. The van der Waals surface area contributed by atoms with Crippen LogP contribution in [0, 0.1) is 5.92 Å². The molecule has 1 aromatic carbocycles. The van der Waals surface area contributed by atoms with E-state index in [1.165, 1.54) is 28.8 Å². The van der Waals surface area contributed by atoms with Crippen LogP contribution >= 0.6 is 23.7 Å². The molecule has 3 rings (SSSR count). The van der Waals surface area contributed by atoms with Gasteiger partial charge in [0.25, 0.3) is 0 Å². The predicted octanol–water partition coefficient (Wildman–Crippen LogP) is 4.69. The van der Waals surface area contributed by atoms with Gasteiger partial charge < -0.3 is 14.8 Å². The zero-order valence-corrected chi connectivity index (χ0v) is 16.8. The summed E-state index contributed by atoms with van der Waals surface area (Å²) in [5.41, 5.74) is 2.80. The van der Waals surface area contributed by atoms with Crippen molar-refractivity contribution in [1.82, 2.24) is 5.32 Å². The third kappa shape index (κ3) is 4.49. The summed E-state index contributed by atoms with van der Waals surface area (Å²) in [6, 6.07) is 8.64. The highest BCUT2D eigenvalue weighted by Gasteiger charge is 2.31. The number of methoxy groups -OCH3 is 2. The Bertz CT molecular complexity index is 643. The maximum atomic E-state index is 5.75. The van der Waals surface area contributed by atoms with E-state index in [0.717, 1.165) is 30.9 Å². The standard InChI is InChI=1S/C20H27NO2S.ClH/c1-21-13-15(11-17-7-5-9-24-17)18-8-4-6-14-10-16(22-2)12-19(23-3)20(14)18;/h5,7,9-10,12,15,18,21H,4,6,8,11,13H2,1-3H3;1H. The molecule has 0 saturated heterocycles. The number of ether oxygens (including phenoxy) is 2. The summed E-state index contributed by atoms with van der Waals surface area (Å²) in [5.74, 6) is 3.00. The number of hydrogen-bond donors (Lipinski definition) is 1. The van der Waals surface area contributed by atoms with Crippen LogP contribution < -0.4 is 14.8 Å². The minimum atomic E-state index is 0. The molecule has 1 aliphatic carbocycles. The first-order valence-corrected chi connectivity index (χ1v) is 9.56. The first-order valence-electron chi connectivity index (χ1n) is 8.68. The van der Waals surface area contributed by atoms with Gasteiger partial charge in [0.1, 0.15) is 11.5 Å². The number of aryl methyl sites for hydroxylation is 1. The molecule has 1 N–H and O–H groups in total. The van der Waals surface area contributed by atoms with Crippen molar-refractivity contribution < 1.29 is 9.47 Å². The van der Waals surface area contributed by atoms with Crippen LogP contribution in [0.1, 0.15) is 34.8 Å². The van der Waals surface area contributed by atoms with Gasteiger partial charge in [-0.25, -0.2) is 0 Å². The number of rotatable bonds is 7. The monoisotopic (exact) mass is 381 g/mol. The maximum Gasteiger partial charge on any atom is 0.126 e. The van der Waals surface area contributed by atoms with Crippen LogP contribution in [0.2, 0.25) is 0 Å². The first kappa shape index (κ1) is 20.1. The van der Waals surface area contributed by atoms with Gasteiger partial charge in [-0.15, -0.1) is 23.7 Å². The fourth-order valence-corrected chi connectivity index (χ4v) is 4.80. The number of halogens is 1. The molecule has 5 heteroatoms. The lowest BCUT2D eigenvalue weighted by atomic mass is 9.74. The normalized spacial score (nSPS) is 17.3. The van der Waals surface area contributed by atoms with Gasteiger partial charge in [0.15, 0.2) is 0 Å². The van der Waals surface area contributed by atoms with Gasteiger partial charge in [0.2, 0.25) is 0 Å². The van der Waals surface area contributed by atoms with Gasteiger partial charge in [-0.1, -0.05) is 6.07 Å². The molecule has 138 valence electrons. The molecule has 1 aromatic heterocycles. The van der Waals surface area contributed by atoms with Crippen LogP contribution in [0.25, 0.3) is 0 Å². The summed E-state index contributed by atoms with van der Waals surface area (Å²) in [7, 11) is 5.55. The Kier molecular flexibility index (Phi) is 7.60. The Morgan fingerprint density at radius 3 is 2.76 bits per heavy atom. The number of fused-ring (bicyclic) bond motifs is 1. The Morgan fingerprint density at radius 2 is 2.12 bits per heavy atom. The summed E-state index contributed by atoms with van der Waals surface area (Å²) < 4.78 is 11.2. The summed E-state index contributed by atoms with van der Waals surface area (Å²) >= 11 is 1.86. The minimum Gasteiger partial charge on any atom is -0.497 e. The summed E-state index contributed by atoms with van der Waals surface area (Å²) in [4.78, 5) is 1.47. The van der Waals surface area contributed by atoms with E-state index in [1.54, 1.807) is 14.2 Å². The number of thiophene rings is 1. The van der Waals surface area contributed by atoms with E-state index in [0.29, 0.717) is 11.8 Å². The minimum absolute atomic E-state index is 0. The molecule has 0 amide bonds. The van der Waals surface area contributed by atoms with Crippen molar-refractivity contribution in [2.75, 3.05) is 27.8 Å². The highest BCUT2D eigenvalue weighted by atomic mass is 35.5. The van der Waals surface area contributed by atoms with E-state index >= 15 is 0 Å². The maximum absolute atomic E-state index is 5.75. The molecule has 2 unspecified atom stereocenters.